The number of aldehydes is 1. The molecule has 0 aromatic carbocycles. The first-order valence-corrected chi connectivity index (χ1v) is 11.5. The van der Waals surface area contributed by atoms with Crippen molar-refractivity contribution in [2.75, 3.05) is 0 Å². The summed E-state index contributed by atoms with van der Waals surface area (Å²) in [6, 6.07) is 0. The van der Waals surface area contributed by atoms with Gasteiger partial charge >= 0.3 is 0 Å². The quantitative estimate of drug-likeness (QED) is 0.115. The summed E-state index contributed by atoms with van der Waals surface area (Å²) in [7, 11) is 0. The molecular weight excluding hydrogens is 304 g/mol. The van der Waals surface area contributed by atoms with Crippen molar-refractivity contribution in [3.63, 3.8) is 0 Å². The van der Waals surface area contributed by atoms with E-state index in [-0.39, 0.29) is 0 Å². The van der Waals surface area contributed by atoms with Crippen molar-refractivity contribution < 1.29 is 4.79 Å². The van der Waals surface area contributed by atoms with Gasteiger partial charge in [0.05, 0.1) is 0 Å². The van der Waals surface area contributed by atoms with Crippen LogP contribution in [0.2, 0.25) is 0 Å². The number of hydrogen-bond acceptors (Lipinski definition) is 1. The highest BCUT2D eigenvalue weighted by atomic mass is 16.1. The maximum Gasteiger partial charge on any atom is 0.142 e. The topological polar surface area (TPSA) is 17.1 Å². The molecule has 0 saturated carbocycles. The molecule has 0 fully saturated rings. The van der Waals surface area contributed by atoms with Crippen molar-refractivity contribution in [1.29, 1.82) is 0 Å². The number of unbranched alkanes of at least 4 members (excludes halogenated alkanes) is 19. The van der Waals surface area contributed by atoms with E-state index < -0.39 is 0 Å². The molecule has 25 heavy (non-hydrogen) atoms. The molecule has 0 aliphatic carbocycles. The minimum atomic E-state index is 0.871. The molecule has 0 aromatic rings. The Morgan fingerprint density at radius 1 is 0.480 bits per heavy atom. The van der Waals surface area contributed by atoms with E-state index in [4.69, 9.17) is 0 Å². The van der Waals surface area contributed by atoms with Gasteiger partial charge in [-0.05, 0) is 18.9 Å². The van der Waals surface area contributed by atoms with Crippen LogP contribution in [0, 0.1) is 0 Å². The van der Waals surface area contributed by atoms with Crippen molar-refractivity contribution in [3.05, 3.63) is 12.2 Å². The van der Waals surface area contributed by atoms with Crippen molar-refractivity contribution in [1.82, 2.24) is 0 Å². The lowest BCUT2D eigenvalue weighted by Crippen LogP contribution is -1.84. The number of hydrogen-bond donors (Lipinski definition) is 0. The largest absolute Gasteiger partial charge is 0.299 e. The van der Waals surface area contributed by atoms with Crippen LogP contribution in [0.1, 0.15) is 135 Å². The van der Waals surface area contributed by atoms with Gasteiger partial charge in [0.15, 0.2) is 0 Å². The summed E-state index contributed by atoms with van der Waals surface area (Å²) in [6.07, 6.45) is 32.6. The lowest BCUT2D eigenvalue weighted by Gasteiger charge is -2.03. The molecular formula is C24H46O. The molecule has 0 heterocycles. The van der Waals surface area contributed by atoms with E-state index in [2.05, 4.69) is 6.92 Å². The molecule has 0 spiro atoms. The molecule has 0 amide bonds. The zero-order valence-corrected chi connectivity index (χ0v) is 17.3. The molecule has 0 aliphatic rings. The predicted octanol–water partition coefficient (Wildman–Crippen LogP) is 8.56. The molecule has 0 N–H and O–H groups in total. The lowest BCUT2D eigenvalue weighted by molar-refractivity contribution is -0.104. The van der Waals surface area contributed by atoms with Gasteiger partial charge in [-0.25, -0.2) is 0 Å². The normalized spacial score (nSPS) is 11.4. The van der Waals surface area contributed by atoms with Crippen LogP contribution in [0.4, 0.5) is 0 Å². The van der Waals surface area contributed by atoms with Gasteiger partial charge < -0.3 is 0 Å². The Bertz CT molecular complexity index is 269. The summed E-state index contributed by atoms with van der Waals surface area (Å²) in [5, 5.41) is 0. The van der Waals surface area contributed by atoms with Crippen LogP contribution in [0.15, 0.2) is 12.2 Å². The van der Waals surface area contributed by atoms with Gasteiger partial charge in [-0.15, -0.1) is 0 Å². The molecule has 0 aromatic heterocycles. The second-order valence-electron chi connectivity index (χ2n) is 7.72. The standard InChI is InChI=1S/C24H46O/c1-2-3-4-5-6-7-8-9-10-11-12-13-14-15-16-17-18-19-20-21-22-23-24-25/h22-24H,2-21H2,1H3. The summed E-state index contributed by atoms with van der Waals surface area (Å²) in [5.41, 5.74) is 0. The molecule has 0 saturated heterocycles. The highest BCUT2D eigenvalue weighted by Gasteiger charge is 1.95. The van der Waals surface area contributed by atoms with E-state index in [0.717, 1.165) is 12.7 Å². The van der Waals surface area contributed by atoms with E-state index in [1.807, 2.05) is 6.08 Å². The van der Waals surface area contributed by atoms with Crippen LogP contribution >= 0.6 is 0 Å². The fraction of sp³-hybridized carbons (Fsp3) is 0.875. The van der Waals surface area contributed by atoms with Crippen LogP contribution in [0.5, 0.6) is 0 Å². The molecule has 0 radical (unpaired) electrons. The first-order valence-electron chi connectivity index (χ1n) is 11.5. The summed E-state index contributed by atoms with van der Waals surface area (Å²) >= 11 is 0. The van der Waals surface area contributed by atoms with Gasteiger partial charge in [0, 0.05) is 0 Å². The maximum atomic E-state index is 10.1. The van der Waals surface area contributed by atoms with Crippen LogP contribution in [0.25, 0.3) is 0 Å². The molecule has 0 unspecified atom stereocenters. The van der Waals surface area contributed by atoms with Gasteiger partial charge in [-0.2, -0.15) is 0 Å². The monoisotopic (exact) mass is 350 g/mol. The number of carbonyl (C=O) groups is 1. The van der Waals surface area contributed by atoms with Crippen LogP contribution < -0.4 is 0 Å². The van der Waals surface area contributed by atoms with E-state index in [9.17, 15) is 4.79 Å². The molecule has 0 atom stereocenters. The minimum absolute atomic E-state index is 0.871. The van der Waals surface area contributed by atoms with Crippen molar-refractivity contribution in [2.24, 2.45) is 0 Å². The van der Waals surface area contributed by atoms with Gasteiger partial charge in [0.25, 0.3) is 0 Å². The summed E-state index contributed by atoms with van der Waals surface area (Å²) in [5.74, 6) is 0. The Labute approximate surface area is 159 Å². The third kappa shape index (κ3) is 23.4. The zero-order chi connectivity index (χ0) is 18.3. The third-order valence-corrected chi connectivity index (χ3v) is 5.19. The average molecular weight is 351 g/mol. The minimum Gasteiger partial charge on any atom is -0.299 e. The number of carbonyl (C=O) groups excluding carboxylic acids is 1. The fourth-order valence-corrected chi connectivity index (χ4v) is 3.49. The Hall–Kier alpha value is -0.590. The van der Waals surface area contributed by atoms with Gasteiger partial charge in [0.1, 0.15) is 6.29 Å². The molecule has 0 aliphatic heterocycles. The summed E-state index contributed by atoms with van der Waals surface area (Å²) in [6.45, 7) is 2.29. The highest BCUT2D eigenvalue weighted by Crippen LogP contribution is 2.14. The zero-order valence-electron chi connectivity index (χ0n) is 17.3. The summed E-state index contributed by atoms with van der Waals surface area (Å²) < 4.78 is 0. The maximum absolute atomic E-state index is 10.1. The second kappa shape index (κ2) is 23.4. The molecule has 0 rings (SSSR count). The Balaban J connectivity index is 2.98. The van der Waals surface area contributed by atoms with E-state index >= 15 is 0 Å². The molecule has 1 nitrogen and oxygen atoms in total. The van der Waals surface area contributed by atoms with Gasteiger partial charge in [-0.3, -0.25) is 4.79 Å². The SMILES string of the molecule is CCCCCCCCCCCCCCCCCCCCCC=CC=O. The summed E-state index contributed by atoms with van der Waals surface area (Å²) in [4.78, 5) is 10.1. The third-order valence-electron chi connectivity index (χ3n) is 5.19. The van der Waals surface area contributed by atoms with Crippen LogP contribution in [0.3, 0.4) is 0 Å². The lowest BCUT2D eigenvalue weighted by atomic mass is 10.0. The smallest absolute Gasteiger partial charge is 0.142 e. The Morgan fingerprint density at radius 3 is 1.12 bits per heavy atom. The van der Waals surface area contributed by atoms with Gasteiger partial charge in [0.2, 0.25) is 0 Å². The average Bonchev–Trinajstić information content (AvgIpc) is 2.63. The van der Waals surface area contributed by atoms with Crippen LogP contribution in [-0.4, -0.2) is 6.29 Å². The van der Waals surface area contributed by atoms with E-state index in [0.29, 0.717) is 0 Å². The number of allylic oxidation sites excluding steroid dienone is 2. The molecule has 0 bridgehead atoms. The first kappa shape index (κ1) is 24.4. The van der Waals surface area contributed by atoms with E-state index in [1.54, 1.807) is 6.08 Å². The Morgan fingerprint density at radius 2 is 0.800 bits per heavy atom. The van der Waals surface area contributed by atoms with Crippen molar-refractivity contribution in [3.8, 4) is 0 Å². The van der Waals surface area contributed by atoms with Crippen molar-refractivity contribution >= 4 is 6.29 Å². The highest BCUT2D eigenvalue weighted by molar-refractivity contribution is 5.64. The van der Waals surface area contributed by atoms with E-state index in [1.165, 1.54) is 122 Å². The second-order valence-corrected chi connectivity index (χ2v) is 7.72. The van der Waals surface area contributed by atoms with Crippen molar-refractivity contribution in [2.45, 2.75) is 135 Å². The van der Waals surface area contributed by atoms with Gasteiger partial charge in [-0.1, -0.05) is 129 Å². The predicted molar refractivity (Wildman–Crippen MR) is 113 cm³/mol. The van der Waals surface area contributed by atoms with Crippen LogP contribution in [-0.2, 0) is 4.79 Å². The number of rotatable bonds is 21. The molecule has 148 valence electrons. The fourth-order valence-electron chi connectivity index (χ4n) is 3.49. The molecule has 1 heteroatoms. The first-order chi connectivity index (χ1) is 12.4. The Kier molecular flexibility index (Phi) is 22.9.